The number of nitrogens with one attached hydrogen (secondary N) is 2. The van der Waals surface area contributed by atoms with Crippen molar-refractivity contribution < 1.29 is 18.8 Å². The van der Waals surface area contributed by atoms with Crippen LogP contribution in [0.15, 0.2) is 53.5 Å². The van der Waals surface area contributed by atoms with Gasteiger partial charge in [-0.3, -0.25) is 24.5 Å². The second-order valence-electron chi connectivity index (χ2n) is 15.6. The van der Waals surface area contributed by atoms with E-state index in [2.05, 4.69) is 39.8 Å². The van der Waals surface area contributed by atoms with Crippen LogP contribution in [0.4, 0.5) is 10.1 Å². The molecule has 3 saturated heterocycles. The summed E-state index contributed by atoms with van der Waals surface area (Å²) in [4.78, 5) is 54.1. The highest BCUT2D eigenvalue weighted by Gasteiger charge is 2.40. The molecule has 1 saturated carbocycles. The summed E-state index contributed by atoms with van der Waals surface area (Å²) in [5.41, 5.74) is 4.87. The Kier molecular flexibility index (Phi) is 9.84. The van der Waals surface area contributed by atoms with Gasteiger partial charge in [0.2, 0.25) is 11.8 Å². The van der Waals surface area contributed by atoms with Gasteiger partial charge in [-0.15, -0.1) is 0 Å². The van der Waals surface area contributed by atoms with Crippen molar-refractivity contribution in [1.29, 1.82) is 0 Å². The zero-order valence-corrected chi connectivity index (χ0v) is 29.9. The molecule has 7 rings (SSSR count). The van der Waals surface area contributed by atoms with Crippen molar-refractivity contribution in [2.75, 3.05) is 38.5 Å². The van der Waals surface area contributed by atoms with Crippen LogP contribution in [0.1, 0.15) is 108 Å². The van der Waals surface area contributed by atoms with Crippen molar-refractivity contribution in [2.24, 2.45) is 12.5 Å². The number of rotatable bonds is 6. The van der Waals surface area contributed by atoms with Gasteiger partial charge in [0, 0.05) is 62.4 Å². The number of aryl methyl sites for hydroxylation is 1. The fourth-order valence-electron chi connectivity index (χ4n) is 9.08. The van der Waals surface area contributed by atoms with Gasteiger partial charge in [-0.05, 0) is 112 Å². The highest BCUT2D eigenvalue weighted by Crippen LogP contribution is 2.49. The summed E-state index contributed by atoms with van der Waals surface area (Å²) in [5.74, 6) is -1.02. The number of halogens is 1. The number of anilines is 1. The van der Waals surface area contributed by atoms with Gasteiger partial charge in [-0.2, -0.15) is 5.10 Å². The lowest BCUT2D eigenvalue weighted by molar-refractivity contribution is -0.134. The Bertz CT molecular complexity index is 1860. The third-order valence-electron chi connectivity index (χ3n) is 12.3. The van der Waals surface area contributed by atoms with Crippen LogP contribution in [0.2, 0.25) is 0 Å². The maximum absolute atomic E-state index is 15.2. The summed E-state index contributed by atoms with van der Waals surface area (Å²) >= 11 is 0. The molecule has 3 amide bonds. The van der Waals surface area contributed by atoms with Crippen molar-refractivity contribution >= 4 is 23.4 Å². The summed E-state index contributed by atoms with van der Waals surface area (Å²) in [6, 6.07) is 13.6. The Morgan fingerprint density at radius 3 is 2.31 bits per heavy atom. The normalized spacial score (nSPS) is 24.4. The number of imide groups is 1. The van der Waals surface area contributed by atoms with Crippen LogP contribution >= 0.6 is 0 Å². The van der Waals surface area contributed by atoms with E-state index in [-0.39, 0.29) is 47.0 Å². The second kappa shape index (κ2) is 14.3. The molecule has 4 heterocycles. The lowest BCUT2D eigenvalue weighted by Gasteiger charge is -2.46. The van der Waals surface area contributed by atoms with E-state index in [0.717, 1.165) is 87.9 Å². The molecule has 270 valence electrons. The Hall–Kier alpha value is -4.38. The van der Waals surface area contributed by atoms with Gasteiger partial charge in [-0.1, -0.05) is 24.3 Å². The lowest BCUT2D eigenvalue weighted by Crippen LogP contribution is -2.44. The van der Waals surface area contributed by atoms with Crippen LogP contribution in [0.5, 0.6) is 0 Å². The third-order valence-corrected chi connectivity index (χ3v) is 12.3. The van der Waals surface area contributed by atoms with Gasteiger partial charge in [-0.25, -0.2) is 9.07 Å². The van der Waals surface area contributed by atoms with Crippen LogP contribution in [-0.2, 0) is 16.6 Å². The molecule has 51 heavy (non-hydrogen) atoms. The van der Waals surface area contributed by atoms with Crippen molar-refractivity contribution in [1.82, 2.24) is 24.9 Å². The molecule has 0 bridgehead atoms. The van der Waals surface area contributed by atoms with E-state index >= 15 is 4.39 Å². The van der Waals surface area contributed by atoms with Gasteiger partial charge in [0.05, 0.1) is 17.8 Å². The number of hydrogen-bond donors (Lipinski definition) is 2. The number of aromatic nitrogens is 2. The number of carbonyl (C=O) groups is 3. The molecular weight excluding hydrogens is 647 g/mol. The number of hydrogen-bond acceptors (Lipinski definition) is 7. The Balaban J connectivity index is 0.911. The molecule has 10 nitrogen and oxygen atoms in total. The second-order valence-corrected chi connectivity index (χ2v) is 15.6. The minimum atomic E-state index is -0.617. The third kappa shape index (κ3) is 7.36. The number of amides is 3. The van der Waals surface area contributed by atoms with Crippen LogP contribution in [0.25, 0.3) is 0 Å². The highest BCUT2D eigenvalue weighted by atomic mass is 19.1. The van der Waals surface area contributed by atoms with Crippen LogP contribution in [0, 0.1) is 18.2 Å². The maximum Gasteiger partial charge on any atom is 0.271 e. The largest absolute Gasteiger partial charge is 0.379 e. The van der Waals surface area contributed by atoms with Gasteiger partial charge in [0.1, 0.15) is 5.82 Å². The molecule has 1 unspecified atom stereocenters. The average Bonchev–Trinajstić information content (AvgIpc) is 3.12. The molecule has 1 aliphatic carbocycles. The first-order valence-corrected chi connectivity index (χ1v) is 18.5. The van der Waals surface area contributed by atoms with E-state index in [4.69, 9.17) is 0 Å². The number of piperidine rings is 3. The van der Waals surface area contributed by atoms with E-state index in [1.807, 2.05) is 30.0 Å². The number of likely N-dealkylation sites (N-methyl/N-ethyl adjacent to an activating group) is 1. The summed E-state index contributed by atoms with van der Waals surface area (Å²) in [6.45, 7) is 5.13. The van der Waals surface area contributed by atoms with Crippen molar-refractivity contribution in [3.05, 3.63) is 92.6 Å². The molecular formula is C40H49FN6O4. The Labute approximate surface area is 298 Å². The molecule has 2 aromatic carbocycles. The standard InChI is InChI=1S/C40H49FN6O4/c1-25-35(22-42-46(3)38(25)50)43-31-20-30(23-45(2)24-31)26-4-6-28(7-5-26)39(51)47-18-16-40(17-19-47)14-12-27(13-15-40)29-8-9-32(34(41)21-29)33-10-11-36(48)44-37(33)49/h4-9,21-22,27,30-31,33,43H,10-20,23-24H2,1-3H3,(H,44,48,49)/t30-,31+,33?/m1/s1. The van der Waals surface area contributed by atoms with Gasteiger partial charge >= 0.3 is 0 Å². The van der Waals surface area contributed by atoms with Crippen molar-refractivity contribution in [3.63, 3.8) is 0 Å². The summed E-state index contributed by atoms with van der Waals surface area (Å²) in [6.07, 6.45) is 9.28. The molecule has 1 spiro atoms. The molecule has 3 aromatic rings. The molecule has 1 aromatic heterocycles. The Morgan fingerprint density at radius 2 is 1.63 bits per heavy atom. The van der Waals surface area contributed by atoms with Crippen LogP contribution < -0.4 is 16.2 Å². The van der Waals surface area contributed by atoms with Crippen molar-refractivity contribution in [2.45, 2.75) is 88.5 Å². The van der Waals surface area contributed by atoms with E-state index in [9.17, 15) is 19.2 Å². The number of nitrogens with zero attached hydrogens (tertiary/aromatic N) is 4. The lowest BCUT2D eigenvalue weighted by atomic mass is 9.64. The zero-order valence-electron chi connectivity index (χ0n) is 29.9. The van der Waals surface area contributed by atoms with E-state index in [1.54, 1.807) is 25.4 Å². The quantitative estimate of drug-likeness (QED) is 0.340. The molecule has 4 fully saturated rings. The summed E-state index contributed by atoms with van der Waals surface area (Å²) < 4.78 is 16.6. The first kappa shape index (κ1) is 35.0. The fourth-order valence-corrected chi connectivity index (χ4v) is 9.08. The molecule has 11 heteroatoms. The SMILES string of the molecule is Cc1c(N[C@H]2C[C@@H](c3ccc(C(=O)N4CCC5(CCC(c6ccc(C7CCC(=O)NC7=O)c(F)c6)CC5)CC4)cc3)CN(C)C2)cnn(C)c1=O. The van der Waals surface area contributed by atoms with Crippen LogP contribution in [0.3, 0.4) is 0 Å². The highest BCUT2D eigenvalue weighted by molar-refractivity contribution is 6.01. The minimum Gasteiger partial charge on any atom is -0.379 e. The van der Waals surface area contributed by atoms with Gasteiger partial charge < -0.3 is 15.1 Å². The smallest absolute Gasteiger partial charge is 0.271 e. The summed E-state index contributed by atoms with van der Waals surface area (Å²) in [5, 5.41) is 10.1. The van der Waals surface area contributed by atoms with Gasteiger partial charge in [0.15, 0.2) is 0 Å². The number of benzene rings is 2. The van der Waals surface area contributed by atoms with E-state index < -0.39 is 11.8 Å². The number of carbonyl (C=O) groups excluding carboxylic acids is 3. The van der Waals surface area contributed by atoms with Crippen LogP contribution in [-0.4, -0.2) is 76.6 Å². The molecule has 0 radical (unpaired) electrons. The molecule has 3 aliphatic heterocycles. The van der Waals surface area contributed by atoms with Gasteiger partial charge in [0.25, 0.3) is 11.5 Å². The van der Waals surface area contributed by atoms with E-state index in [1.165, 1.54) is 10.2 Å². The zero-order chi connectivity index (χ0) is 35.9. The van der Waals surface area contributed by atoms with Crippen molar-refractivity contribution in [3.8, 4) is 0 Å². The minimum absolute atomic E-state index is 0.0885. The first-order valence-electron chi connectivity index (χ1n) is 18.5. The Morgan fingerprint density at radius 1 is 0.922 bits per heavy atom. The average molecular weight is 697 g/mol. The van der Waals surface area contributed by atoms with E-state index in [0.29, 0.717) is 23.5 Å². The fraction of sp³-hybridized carbons (Fsp3) is 0.525. The molecule has 3 atom stereocenters. The monoisotopic (exact) mass is 696 g/mol. The molecule has 4 aliphatic rings. The first-order chi connectivity index (χ1) is 24.5. The topological polar surface area (TPSA) is 117 Å². The summed E-state index contributed by atoms with van der Waals surface area (Å²) in [7, 11) is 3.78. The maximum atomic E-state index is 15.2. The predicted octanol–water partition coefficient (Wildman–Crippen LogP) is 5.23. The number of likely N-dealkylation sites (tertiary alicyclic amines) is 2. The predicted molar refractivity (Wildman–Crippen MR) is 193 cm³/mol. The molecule has 2 N–H and O–H groups in total.